The second kappa shape index (κ2) is 10.4. The van der Waals surface area contributed by atoms with Crippen LogP contribution in [-0.4, -0.2) is 69.6 Å². The van der Waals surface area contributed by atoms with Crippen molar-refractivity contribution in [2.24, 2.45) is 4.99 Å². The van der Waals surface area contributed by atoms with Crippen molar-refractivity contribution in [1.82, 2.24) is 20.4 Å². The molecule has 1 unspecified atom stereocenters. The third kappa shape index (κ3) is 6.63. The van der Waals surface area contributed by atoms with Crippen molar-refractivity contribution in [1.29, 1.82) is 0 Å². The number of piperidine rings is 1. The number of aliphatic imine (C=N–C) groups is 1. The van der Waals surface area contributed by atoms with Crippen LogP contribution in [-0.2, 0) is 0 Å². The summed E-state index contributed by atoms with van der Waals surface area (Å²) in [7, 11) is 5.79. The Morgan fingerprint density at radius 3 is 2.64 bits per heavy atom. The third-order valence-corrected chi connectivity index (χ3v) is 4.71. The maximum absolute atomic E-state index is 13.5. The molecule has 2 N–H and O–H groups in total. The van der Waals surface area contributed by atoms with Crippen LogP contribution in [0.5, 0.6) is 0 Å². The Kier molecular flexibility index (Phi) is 8.15. The molecule has 5 nitrogen and oxygen atoms in total. The molecule has 1 aromatic rings. The van der Waals surface area contributed by atoms with Gasteiger partial charge >= 0.3 is 0 Å². The molecule has 0 bridgehead atoms. The van der Waals surface area contributed by atoms with Crippen molar-refractivity contribution in [3.63, 3.8) is 0 Å². The van der Waals surface area contributed by atoms with Crippen LogP contribution in [0.2, 0.25) is 0 Å². The van der Waals surface area contributed by atoms with Crippen molar-refractivity contribution < 1.29 is 4.39 Å². The molecule has 2 rings (SSSR count). The van der Waals surface area contributed by atoms with Gasteiger partial charge in [-0.1, -0.05) is 18.6 Å². The number of likely N-dealkylation sites (tertiary alicyclic amines) is 1. The highest BCUT2D eigenvalue weighted by atomic mass is 19.1. The van der Waals surface area contributed by atoms with Gasteiger partial charge in [-0.15, -0.1) is 0 Å². The summed E-state index contributed by atoms with van der Waals surface area (Å²) in [6, 6.07) is 6.87. The first-order chi connectivity index (χ1) is 12.1. The summed E-state index contributed by atoms with van der Waals surface area (Å²) in [4.78, 5) is 8.88. The van der Waals surface area contributed by atoms with E-state index in [0.717, 1.165) is 24.6 Å². The third-order valence-electron chi connectivity index (χ3n) is 4.71. The summed E-state index contributed by atoms with van der Waals surface area (Å²) in [6.45, 7) is 5.00. The molecule has 1 atom stereocenters. The summed E-state index contributed by atoms with van der Waals surface area (Å²) >= 11 is 0. The maximum Gasteiger partial charge on any atom is 0.191 e. The SMILES string of the molecule is CN=C(NCCN1CCCCC1)NCC(c1cccc(F)c1)N(C)C. The van der Waals surface area contributed by atoms with E-state index in [1.54, 1.807) is 19.2 Å². The number of halogens is 1. The lowest BCUT2D eigenvalue weighted by Gasteiger charge is -2.28. The normalized spacial score (nSPS) is 17.6. The van der Waals surface area contributed by atoms with Gasteiger partial charge in [-0.2, -0.15) is 0 Å². The number of guanidine groups is 1. The van der Waals surface area contributed by atoms with Gasteiger partial charge in [0.15, 0.2) is 5.96 Å². The molecule has 0 saturated carbocycles. The number of nitrogens with one attached hydrogen (secondary N) is 2. The Morgan fingerprint density at radius 1 is 1.24 bits per heavy atom. The monoisotopic (exact) mass is 349 g/mol. The zero-order valence-corrected chi connectivity index (χ0v) is 15.8. The lowest BCUT2D eigenvalue weighted by Crippen LogP contribution is -2.44. The summed E-state index contributed by atoms with van der Waals surface area (Å²) in [6.07, 6.45) is 3.98. The van der Waals surface area contributed by atoms with Gasteiger partial charge in [0.25, 0.3) is 0 Å². The Bertz CT molecular complexity index is 540. The van der Waals surface area contributed by atoms with Crippen molar-refractivity contribution in [2.75, 3.05) is 53.9 Å². The van der Waals surface area contributed by atoms with Crippen LogP contribution < -0.4 is 10.6 Å². The van der Waals surface area contributed by atoms with Crippen LogP contribution in [0, 0.1) is 5.82 Å². The highest BCUT2D eigenvalue weighted by Gasteiger charge is 2.15. The van der Waals surface area contributed by atoms with Crippen molar-refractivity contribution >= 4 is 5.96 Å². The number of nitrogens with zero attached hydrogens (tertiary/aromatic N) is 3. The van der Waals surface area contributed by atoms with E-state index in [1.807, 2.05) is 20.2 Å². The Morgan fingerprint density at radius 2 is 2.00 bits per heavy atom. The number of benzene rings is 1. The molecular formula is C19H32FN5. The zero-order valence-electron chi connectivity index (χ0n) is 15.8. The average Bonchev–Trinajstić information content (AvgIpc) is 2.61. The molecule has 0 amide bonds. The molecule has 0 aromatic heterocycles. The molecule has 6 heteroatoms. The summed E-state index contributed by atoms with van der Waals surface area (Å²) in [5.74, 6) is 0.591. The molecule has 25 heavy (non-hydrogen) atoms. The highest BCUT2D eigenvalue weighted by Crippen LogP contribution is 2.18. The van der Waals surface area contributed by atoms with E-state index >= 15 is 0 Å². The minimum absolute atomic E-state index is 0.0799. The Balaban J connectivity index is 1.81. The second-order valence-corrected chi connectivity index (χ2v) is 6.82. The van der Waals surface area contributed by atoms with E-state index in [4.69, 9.17) is 0 Å². The maximum atomic E-state index is 13.5. The summed E-state index contributed by atoms with van der Waals surface area (Å²) in [5.41, 5.74) is 0.960. The lowest BCUT2D eigenvalue weighted by atomic mass is 10.1. The first kappa shape index (κ1) is 19.7. The van der Waals surface area contributed by atoms with E-state index < -0.39 is 0 Å². The van der Waals surface area contributed by atoms with Gasteiger partial charge in [0.05, 0.1) is 6.04 Å². The molecule has 1 heterocycles. The van der Waals surface area contributed by atoms with E-state index in [0.29, 0.717) is 6.54 Å². The quantitative estimate of drug-likeness (QED) is 0.584. The van der Waals surface area contributed by atoms with E-state index in [1.165, 1.54) is 38.4 Å². The first-order valence-corrected chi connectivity index (χ1v) is 9.19. The lowest BCUT2D eigenvalue weighted by molar-refractivity contribution is 0.232. The van der Waals surface area contributed by atoms with Crippen molar-refractivity contribution in [3.05, 3.63) is 35.6 Å². The highest BCUT2D eigenvalue weighted by molar-refractivity contribution is 5.79. The van der Waals surface area contributed by atoms with Crippen molar-refractivity contribution in [3.8, 4) is 0 Å². The Labute approximate surface area is 151 Å². The van der Waals surface area contributed by atoms with Crippen LogP contribution in [0.15, 0.2) is 29.3 Å². The molecule has 0 spiro atoms. The topological polar surface area (TPSA) is 42.9 Å². The minimum atomic E-state index is -0.201. The van der Waals surface area contributed by atoms with Gasteiger partial charge < -0.3 is 20.4 Å². The molecule has 1 fully saturated rings. The fourth-order valence-corrected chi connectivity index (χ4v) is 3.24. The van der Waals surface area contributed by atoms with E-state index in [-0.39, 0.29) is 11.9 Å². The number of hydrogen-bond acceptors (Lipinski definition) is 3. The van der Waals surface area contributed by atoms with Crippen LogP contribution in [0.25, 0.3) is 0 Å². The van der Waals surface area contributed by atoms with Gasteiger partial charge in [0.1, 0.15) is 5.82 Å². The molecule has 1 aliphatic rings. The molecule has 1 aliphatic heterocycles. The predicted molar refractivity (Wildman–Crippen MR) is 102 cm³/mol. The van der Waals surface area contributed by atoms with Crippen LogP contribution in [0.1, 0.15) is 30.9 Å². The van der Waals surface area contributed by atoms with E-state index in [9.17, 15) is 4.39 Å². The molecule has 1 aromatic carbocycles. The summed E-state index contributed by atoms with van der Waals surface area (Å²) < 4.78 is 13.5. The van der Waals surface area contributed by atoms with Crippen LogP contribution >= 0.6 is 0 Å². The molecule has 0 aliphatic carbocycles. The smallest absolute Gasteiger partial charge is 0.191 e. The van der Waals surface area contributed by atoms with Gasteiger partial charge in [-0.3, -0.25) is 4.99 Å². The van der Waals surface area contributed by atoms with Crippen LogP contribution in [0.4, 0.5) is 4.39 Å². The molecule has 0 radical (unpaired) electrons. The standard InChI is InChI=1S/C19H32FN5/c1-21-19(22-10-13-25-11-5-4-6-12-25)23-15-18(24(2)3)16-8-7-9-17(20)14-16/h7-9,14,18H,4-6,10-13,15H2,1-3H3,(H2,21,22,23). The fraction of sp³-hybridized carbons (Fsp3) is 0.632. The zero-order chi connectivity index (χ0) is 18.1. The van der Waals surface area contributed by atoms with E-state index in [2.05, 4.69) is 25.4 Å². The number of rotatable bonds is 7. The Hall–Kier alpha value is -1.66. The van der Waals surface area contributed by atoms with Gasteiger partial charge in [0.2, 0.25) is 0 Å². The van der Waals surface area contributed by atoms with Gasteiger partial charge in [-0.25, -0.2) is 4.39 Å². The predicted octanol–water partition coefficient (Wildman–Crippen LogP) is 2.08. The second-order valence-electron chi connectivity index (χ2n) is 6.82. The van der Waals surface area contributed by atoms with Gasteiger partial charge in [0, 0.05) is 26.7 Å². The minimum Gasteiger partial charge on any atom is -0.355 e. The fourth-order valence-electron chi connectivity index (χ4n) is 3.24. The largest absolute Gasteiger partial charge is 0.355 e. The molecule has 1 saturated heterocycles. The van der Waals surface area contributed by atoms with Crippen molar-refractivity contribution in [2.45, 2.75) is 25.3 Å². The van der Waals surface area contributed by atoms with Crippen LogP contribution in [0.3, 0.4) is 0 Å². The first-order valence-electron chi connectivity index (χ1n) is 9.19. The van der Waals surface area contributed by atoms with Gasteiger partial charge in [-0.05, 0) is 57.7 Å². The average molecular weight is 349 g/mol. The summed E-state index contributed by atoms with van der Waals surface area (Å²) in [5, 5.41) is 6.74. The molecule has 140 valence electrons. The number of likely N-dealkylation sites (N-methyl/N-ethyl adjacent to an activating group) is 1. The molecular weight excluding hydrogens is 317 g/mol. The number of hydrogen-bond donors (Lipinski definition) is 2.